The van der Waals surface area contributed by atoms with Gasteiger partial charge in [-0.1, -0.05) is 31.5 Å². The quantitative estimate of drug-likeness (QED) is 0.565. The van der Waals surface area contributed by atoms with Gasteiger partial charge in [0.1, 0.15) is 0 Å². The molecule has 2 nitrogen and oxygen atoms in total. The van der Waals surface area contributed by atoms with Crippen LogP contribution in [0.25, 0.3) is 0 Å². The fourth-order valence-corrected chi connectivity index (χ4v) is 5.04. The molecule has 0 aromatic heterocycles. The molecule has 2 fully saturated rings. The summed E-state index contributed by atoms with van der Waals surface area (Å²) in [5.41, 5.74) is -0.0179. The van der Waals surface area contributed by atoms with Crippen LogP contribution in [0.5, 0.6) is 0 Å². The fraction of sp³-hybridized carbons (Fsp3) is 0.938. The molecule has 0 aromatic carbocycles. The molecule has 3 atom stereocenters. The van der Waals surface area contributed by atoms with Gasteiger partial charge in [-0.3, -0.25) is 0 Å². The molecule has 4 heteroatoms. The van der Waals surface area contributed by atoms with E-state index in [4.69, 9.17) is 20.1 Å². The molecule has 0 bridgehead atoms. The lowest BCUT2D eigenvalue weighted by Crippen LogP contribution is -2.55. The summed E-state index contributed by atoms with van der Waals surface area (Å²) in [5, 5.41) is 1.01. The zero-order valence-electron chi connectivity index (χ0n) is 13.7. The van der Waals surface area contributed by atoms with Gasteiger partial charge in [0.25, 0.3) is 0 Å². The minimum Gasteiger partial charge on any atom is -0.341 e. The zero-order valence-corrected chi connectivity index (χ0v) is 14.5. The lowest BCUT2D eigenvalue weighted by Gasteiger charge is -2.47. The van der Waals surface area contributed by atoms with Gasteiger partial charge in [0.05, 0.1) is 19.4 Å². The summed E-state index contributed by atoms with van der Waals surface area (Å²) in [4.78, 5) is 4.89. The van der Waals surface area contributed by atoms with E-state index in [1.165, 1.54) is 25.7 Å². The number of thiocarbonyl (C=S) groups is 1. The van der Waals surface area contributed by atoms with Crippen molar-refractivity contribution in [2.75, 3.05) is 0 Å². The minimum absolute atomic E-state index is 0.0179. The third-order valence-corrected chi connectivity index (χ3v) is 5.68. The number of nitrogens with zero attached hydrogens (tertiary/aromatic N) is 2. The fourth-order valence-electron chi connectivity index (χ4n) is 4.29. The highest BCUT2D eigenvalue weighted by Gasteiger charge is 2.55. The zero-order chi connectivity index (χ0) is 15.1. The highest BCUT2D eigenvalue weighted by molar-refractivity contribution is 7.80. The average Bonchev–Trinajstić information content (AvgIpc) is 2.55. The Kier molecular flexibility index (Phi) is 4.73. The van der Waals surface area contributed by atoms with E-state index in [1.807, 2.05) is 0 Å². The van der Waals surface area contributed by atoms with Gasteiger partial charge in [0.15, 0.2) is 5.11 Å². The van der Waals surface area contributed by atoms with E-state index in [-0.39, 0.29) is 11.4 Å². The van der Waals surface area contributed by atoms with Crippen LogP contribution in [0.3, 0.4) is 0 Å². The molecule has 0 aromatic rings. The Morgan fingerprint density at radius 3 is 2.25 bits per heavy atom. The smallest absolute Gasteiger partial charge is 0.172 e. The van der Waals surface area contributed by atoms with E-state index in [0.717, 1.165) is 11.5 Å². The topological polar surface area (TPSA) is 6.48 Å². The van der Waals surface area contributed by atoms with E-state index >= 15 is 0 Å². The molecule has 1 saturated heterocycles. The van der Waals surface area contributed by atoms with E-state index in [9.17, 15) is 0 Å². The van der Waals surface area contributed by atoms with Gasteiger partial charge >= 0.3 is 0 Å². The van der Waals surface area contributed by atoms with Gasteiger partial charge in [-0.15, -0.1) is 0 Å². The molecule has 3 unspecified atom stereocenters. The van der Waals surface area contributed by atoms with E-state index in [2.05, 4.69) is 44.4 Å². The third-order valence-electron chi connectivity index (χ3n) is 5.27. The first-order valence-corrected chi connectivity index (χ1v) is 8.59. The van der Waals surface area contributed by atoms with Crippen LogP contribution in [0.15, 0.2) is 0 Å². The van der Waals surface area contributed by atoms with Gasteiger partial charge in [-0.25, -0.2) is 0 Å². The van der Waals surface area contributed by atoms with Crippen molar-refractivity contribution in [3.05, 3.63) is 0 Å². The molecule has 2 rings (SSSR count). The average molecular weight is 292 g/mol. The van der Waals surface area contributed by atoms with Crippen LogP contribution in [-0.2, 0) is 0 Å². The maximum absolute atomic E-state index is 6.65. The molecule has 0 amide bonds. The first kappa shape index (κ1) is 16.1. The summed E-state index contributed by atoms with van der Waals surface area (Å²) in [6, 6.07) is 1.32. The van der Waals surface area contributed by atoms with E-state index in [0.29, 0.717) is 18.1 Å². The normalized spacial score (nSPS) is 35.5. The molecule has 1 saturated carbocycles. The summed E-state index contributed by atoms with van der Waals surface area (Å²) in [5.74, 6) is 0.205. The second-order valence-corrected chi connectivity index (χ2v) is 7.60. The first-order valence-electron chi connectivity index (χ1n) is 8.19. The van der Waals surface area contributed by atoms with Crippen molar-refractivity contribution in [3.63, 3.8) is 0 Å². The molecule has 1 aliphatic carbocycles. The van der Waals surface area contributed by atoms with Crippen LogP contribution in [0.1, 0.15) is 66.7 Å². The van der Waals surface area contributed by atoms with Gasteiger partial charge < -0.3 is 9.80 Å². The summed E-state index contributed by atoms with van der Waals surface area (Å²) in [7, 11) is 6.65. The maximum Gasteiger partial charge on any atom is 0.172 e. The molecule has 112 valence electrons. The Hall–Kier alpha value is -0.245. The second kappa shape index (κ2) is 5.86. The maximum atomic E-state index is 6.65. The van der Waals surface area contributed by atoms with Crippen LogP contribution in [0.4, 0.5) is 0 Å². The lowest BCUT2D eigenvalue weighted by molar-refractivity contribution is 0.102. The number of fused-ring (bicyclic) bond motifs is 1. The van der Waals surface area contributed by atoms with Crippen molar-refractivity contribution in [2.45, 2.75) is 96.2 Å². The Morgan fingerprint density at radius 1 is 1.10 bits per heavy atom. The van der Waals surface area contributed by atoms with Gasteiger partial charge in [0, 0.05) is 12.1 Å². The summed E-state index contributed by atoms with van der Waals surface area (Å²) < 4.78 is 0. The largest absolute Gasteiger partial charge is 0.341 e. The summed E-state index contributed by atoms with van der Waals surface area (Å²) in [6.45, 7) is 11.3. The van der Waals surface area contributed by atoms with E-state index < -0.39 is 0 Å². The van der Waals surface area contributed by atoms with Gasteiger partial charge in [-0.05, 0) is 53.3 Å². The molecule has 1 aliphatic heterocycles. The van der Waals surface area contributed by atoms with Crippen molar-refractivity contribution in [3.8, 4) is 0 Å². The second-order valence-electron chi connectivity index (χ2n) is 7.23. The monoisotopic (exact) mass is 292 g/mol. The van der Waals surface area contributed by atoms with Crippen molar-refractivity contribution < 1.29 is 0 Å². The summed E-state index contributed by atoms with van der Waals surface area (Å²) >= 11 is 5.84. The first-order chi connectivity index (χ1) is 9.31. The van der Waals surface area contributed by atoms with Crippen LogP contribution >= 0.6 is 12.2 Å². The predicted molar refractivity (Wildman–Crippen MR) is 91.3 cm³/mol. The SMILES string of the molecule is [B]C1CCCCCC2N(C(C)C)C(=S)N(C(C)C)C12C. The molecular weight excluding hydrogens is 263 g/mol. The number of hydrogen-bond acceptors (Lipinski definition) is 1. The Balaban J connectivity index is 2.47. The minimum atomic E-state index is -0.0179. The van der Waals surface area contributed by atoms with Gasteiger partial charge in [0.2, 0.25) is 0 Å². The van der Waals surface area contributed by atoms with Crippen LogP contribution < -0.4 is 0 Å². The Labute approximate surface area is 131 Å². The van der Waals surface area contributed by atoms with Crippen molar-refractivity contribution in [2.24, 2.45) is 0 Å². The lowest BCUT2D eigenvalue weighted by atomic mass is 9.63. The Morgan fingerprint density at radius 2 is 1.70 bits per heavy atom. The van der Waals surface area contributed by atoms with Crippen LogP contribution in [0.2, 0.25) is 5.82 Å². The van der Waals surface area contributed by atoms with E-state index in [1.54, 1.807) is 0 Å². The van der Waals surface area contributed by atoms with Crippen LogP contribution in [0, 0.1) is 0 Å². The third kappa shape index (κ3) is 2.38. The van der Waals surface area contributed by atoms with Crippen molar-refractivity contribution in [1.82, 2.24) is 9.80 Å². The molecule has 0 spiro atoms. The molecule has 2 aliphatic rings. The van der Waals surface area contributed by atoms with Crippen molar-refractivity contribution >= 4 is 25.2 Å². The highest BCUT2D eigenvalue weighted by atomic mass is 32.1. The highest BCUT2D eigenvalue weighted by Crippen LogP contribution is 2.47. The molecule has 0 N–H and O–H groups in total. The standard InChI is InChI=1S/C16H29BN2S/c1-11(2)18-14-10-8-6-7-9-13(17)16(14,5)19(12(3)4)15(18)20/h11-14H,6-10H2,1-5H3. The van der Waals surface area contributed by atoms with Crippen molar-refractivity contribution in [1.29, 1.82) is 0 Å². The van der Waals surface area contributed by atoms with Crippen LogP contribution in [-0.4, -0.2) is 46.4 Å². The molecule has 20 heavy (non-hydrogen) atoms. The number of hydrogen-bond donors (Lipinski definition) is 0. The number of rotatable bonds is 2. The molecule has 1 heterocycles. The molecular formula is C16H29BN2S. The summed E-state index contributed by atoms with van der Waals surface area (Å²) in [6.07, 6.45) is 6.19. The molecule has 2 radical (unpaired) electrons. The predicted octanol–water partition coefficient (Wildman–Crippen LogP) is 3.75. The Bertz CT molecular complexity index is 371. The van der Waals surface area contributed by atoms with Gasteiger partial charge in [-0.2, -0.15) is 0 Å².